The molecule has 0 saturated heterocycles. The largest absolute Gasteiger partial charge is 0.463 e. The predicted octanol–water partition coefficient (Wildman–Crippen LogP) is 5.25. The first-order chi connectivity index (χ1) is 14.7. The van der Waals surface area contributed by atoms with E-state index in [-0.39, 0.29) is 5.91 Å². The molecule has 1 aliphatic heterocycles. The third kappa shape index (κ3) is 4.05. The van der Waals surface area contributed by atoms with Gasteiger partial charge >= 0.3 is 0 Å². The number of carbonyl (C=O) groups is 1. The predicted molar refractivity (Wildman–Crippen MR) is 115 cm³/mol. The first-order valence-electron chi connectivity index (χ1n) is 10.2. The molecule has 1 atom stereocenters. The Morgan fingerprint density at radius 2 is 2.00 bits per heavy atom. The van der Waals surface area contributed by atoms with Crippen molar-refractivity contribution in [2.45, 2.75) is 50.9 Å². The summed E-state index contributed by atoms with van der Waals surface area (Å²) in [7, 11) is 0. The van der Waals surface area contributed by atoms with Crippen LogP contribution in [0.2, 0.25) is 0 Å². The third-order valence-electron chi connectivity index (χ3n) is 4.76. The Kier molecular flexibility index (Phi) is 6.32. The number of nitrogens with zero attached hydrogens (tertiary/aromatic N) is 4. The first-order valence-corrected chi connectivity index (χ1v) is 11.2. The third-order valence-corrected chi connectivity index (χ3v) is 5.68. The number of fused-ring (bicyclic) bond motifs is 3. The topological polar surface area (TPSA) is 81.3 Å². The highest BCUT2D eigenvalue weighted by Crippen LogP contribution is 2.43. The smallest absolute Gasteiger partial charge is 0.247 e. The van der Waals surface area contributed by atoms with E-state index in [1.165, 1.54) is 0 Å². The van der Waals surface area contributed by atoms with Gasteiger partial charge in [0.15, 0.2) is 11.5 Å². The number of hydrogen-bond donors (Lipinski definition) is 0. The number of anilines is 1. The molecule has 1 aliphatic rings. The lowest BCUT2D eigenvalue weighted by Crippen LogP contribution is -2.37. The summed E-state index contributed by atoms with van der Waals surface area (Å²) in [5, 5.41) is 9.28. The van der Waals surface area contributed by atoms with Crippen LogP contribution in [0.1, 0.15) is 51.5 Å². The average Bonchev–Trinajstić information content (AvgIpc) is 3.24. The van der Waals surface area contributed by atoms with Crippen LogP contribution in [0, 0.1) is 0 Å². The fourth-order valence-electron chi connectivity index (χ4n) is 3.30. The molecular weight excluding hydrogens is 400 g/mol. The number of para-hydroxylation sites is 1. The van der Waals surface area contributed by atoms with Crippen LogP contribution in [0.25, 0.3) is 11.3 Å². The molecule has 0 unspecified atom stereocenters. The number of ether oxygens (including phenoxy) is 1. The zero-order valence-electron chi connectivity index (χ0n) is 17.1. The Labute approximate surface area is 179 Å². The van der Waals surface area contributed by atoms with Gasteiger partial charge in [-0.2, -0.15) is 4.98 Å². The van der Waals surface area contributed by atoms with E-state index in [1.807, 2.05) is 31.2 Å². The Morgan fingerprint density at radius 3 is 2.77 bits per heavy atom. The molecule has 4 rings (SSSR count). The van der Waals surface area contributed by atoms with Gasteiger partial charge < -0.3 is 9.15 Å². The fraction of sp³-hybridized carbons (Fsp3) is 0.364. The number of thioether (sulfide) groups is 1. The molecule has 0 fully saturated rings. The van der Waals surface area contributed by atoms with Gasteiger partial charge in [-0.15, -0.1) is 10.2 Å². The SMILES string of the molecule is CCCCSc1nnc2c(n1)O[C@H](c1ccco1)N(C(=O)CCC)c1ccccc1-2. The van der Waals surface area contributed by atoms with Gasteiger partial charge in [-0.25, -0.2) is 0 Å². The lowest BCUT2D eigenvalue weighted by molar-refractivity contribution is -0.120. The van der Waals surface area contributed by atoms with E-state index in [0.29, 0.717) is 34.6 Å². The summed E-state index contributed by atoms with van der Waals surface area (Å²) < 4.78 is 11.9. The van der Waals surface area contributed by atoms with Crippen LogP contribution >= 0.6 is 11.8 Å². The summed E-state index contributed by atoms with van der Waals surface area (Å²) >= 11 is 1.55. The molecule has 3 heterocycles. The van der Waals surface area contributed by atoms with Gasteiger partial charge in [0.2, 0.25) is 23.2 Å². The van der Waals surface area contributed by atoms with Gasteiger partial charge in [-0.3, -0.25) is 9.69 Å². The van der Waals surface area contributed by atoms with Crippen molar-refractivity contribution >= 4 is 23.4 Å². The lowest BCUT2D eigenvalue weighted by atomic mass is 10.1. The van der Waals surface area contributed by atoms with Crippen molar-refractivity contribution in [1.82, 2.24) is 15.2 Å². The second-order valence-corrected chi connectivity index (χ2v) is 8.03. The second kappa shape index (κ2) is 9.30. The van der Waals surface area contributed by atoms with Crippen molar-refractivity contribution in [2.24, 2.45) is 0 Å². The van der Waals surface area contributed by atoms with Crippen LogP contribution in [0.5, 0.6) is 5.88 Å². The highest BCUT2D eigenvalue weighted by molar-refractivity contribution is 7.99. The highest BCUT2D eigenvalue weighted by atomic mass is 32.2. The molecule has 0 N–H and O–H groups in total. The highest BCUT2D eigenvalue weighted by Gasteiger charge is 2.36. The molecule has 0 aliphatic carbocycles. The van der Waals surface area contributed by atoms with Crippen molar-refractivity contribution in [1.29, 1.82) is 0 Å². The molecule has 30 heavy (non-hydrogen) atoms. The van der Waals surface area contributed by atoms with E-state index in [4.69, 9.17) is 9.15 Å². The van der Waals surface area contributed by atoms with Gasteiger partial charge in [0.1, 0.15) is 0 Å². The van der Waals surface area contributed by atoms with Crippen LogP contribution in [0.3, 0.4) is 0 Å². The minimum atomic E-state index is -0.772. The summed E-state index contributed by atoms with van der Waals surface area (Å²) in [6.45, 7) is 4.12. The standard InChI is InChI=1S/C22H24N4O3S/c1-3-5-14-30-22-23-20-19(24-25-22)15-10-6-7-11-16(15)26(18(27)9-4-2)21(29-20)17-12-8-13-28-17/h6-8,10-13,21H,3-5,9,14H2,1-2H3/t21-/m1/s1. The van der Waals surface area contributed by atoms with Crippen LogP contribution in [-0.4, -0.2) is 26.8 Å². The van der Waals surface area contributed by atoms with E-state index >= 15 is 0 Å². The normalized spacial score (nSPS) is 15.1. The molecule has 8 heteroatoms. The number of rotatable bonds is 7. The second-order valence-electron chi connectivity index (χ2n) is 6.97. The van der Waals surface area contributed by atoms with Crippen LogP contribution in [0.15, 0.2) is 52.2 Å². The van der Waals surface area contributed by atoms with Crippen molar-refractivity contribution in [3.8, 4) is 17.1 Å². The number of hydrogen-bond acceptors (Lipinski definition) is 7. The van der Waals surface area contributed by atoms with E-state index in [9.17, 15) is 4.79 Å². The molecule has 0 radical (unpaired) electrons. The molecule has 1 aromatic carbocycles. The summed E-state index contributed by atoms with van der Waals surface area (Å²) in [4.78, 5) is 19.4. The quantitative estimate of drug-likeness (QED) is 0.378. The summed E-state index contributed by atoms with van der Waals surface area (Å²) in [5.74, 6) is 1.74. The maximum Gasteiger partial charge on any atom is 0.247 e. The Morgan fingerprint density at radius 1 is 1.13 bits per heavy atom. The molecule has 2 aromatic heterocycles. The van der Waals surface area contributed by atoms with Crippen LogP contribution < -0.4 is 9.64 Å². The zero-order valence-corrected chi connectivity index (χ0v) is 17.9. The number of unbranched alkanes of at least 4 members (excludes halogenated alkanes) is 1. The first kappa shape index (κ1) is 20.4. The number of carbonyl (C=O) groups excluding carboxylic acids is 1. The summed E-state index contributed by atoms with van der Waals surface area (Å²) in [6, 6.07) is 11.2. The van der Waals surface area contributed by atoms with Crippen molar-refractivity contribution in [3.05, 3.63) is 48.4 Å². The molecule has 156 valence electrons. The van der Waals surface area contributed by atoms with Gasteiger partial charge in [-0.1, -0.05) is 50.2 Å². The summed E-state index contributed by atoms with van der Waals surface area (Å²) in [6.07, 6.45) is 4.09. The maximum atomic E-state index is 13.2. The van der Waals surface area contributed by atoms with Crippen LogP contribution in [0.4, 0.5) is 5.69 Å². The van der Waals surface area contributed by atoms with E-state index in [0.717, 1.165) is 30.6 Å². The van der Waals surface area contributed by atoms with Gasteiger partial charge in [-0.05, 0) is 31.0 Å². The van der Waals surface area contributed by atoms with Crippen LogP contribution in [-0.2, 0) is 4.79 Å². The fourth-order valence-corrected chi connectivity index (χ4v) is 4.16. The minimum Gasteiger partial charge on any atom is -0.463 e. The van der Waals surface area contributed by atoms with Gasteiger partial charge in [0, 0.05) is 17.7 Å². The Hall–Kier alpha value is -2.87. The lowest BCUT2D eigenvalue weighted by Gasteiger charge is -2.29. The van der Waals surface area contributed by atoms with E-state index in [1.54, 1.807) is 35.1 Å². The molecule has 0 spiro atoms. The monoisotopic (exact) mass is 424 g/mol. The van der Waals surface area contributed by atoms with E-state index < -0.39 is 6.23 Å². The van der Waals surface area contributed by atoms with Gasteiger partial charge in [0.05, 0.1) is 12.0 Å². The molecule has 3 aromatic rings. The van der Waals surface area contributed by atoms with Crippen molar-refractivity contribution in [3.63, 3.8) is 0 Å². The molecule has 1 amide bonds. The van der Waals surface area contributed by atoms with Crippen molar-refractivity contribution < 1.29 is 13.9 Å². The molecule has 0 saturated carbocycles. The zero-order chi connectivity index (χ0) is 20.9. The number of aromatic nitrogens is 3. The minimum absolute atomic E-state index is 0.0512. The average molecular weight is 425 g/mol. The molecule has 0 bridgehead atoms. The molecule has 7 nitrogen and oxygen atoms in total. The number of benzene rings is 1. The maximum absolute atomic E-state index is 13.2. The summed E-state index contributed by atoms with van der Waals surface area (Å²) in [5.41, 5.74) is 1.99. The Bertz CT molecular complexity index is 1010. The van der Waals surface area contributed by atoms with Crippen molar-refractivity contribution in [2.75, 3.05) is 10.7 Å². The number of amides is 1. The molecular formula is C22H24N4O3S. The Balaban J connectivity index is 1.83. The number of furan rings is 1. The van der Waals surface area contributed by atoms with E-state index in [2.05, 4.69) is 22.1 Å². The van der Waals surface area contributed by atoms with Gasteiger partial charge in [0.25, 0.3) is 0 Å².